The molecule has 4 N–H and O–H groups in total. The molecule has 0 aliphatic carbocycles. The quantitative estimate of drug-likeness (QED) is 0.307. The molecule has 4 rings (SSSR count). The van der Waals surface area contributed by atoms with E-state index in [2.05, 4.69) is 66.2 Å². The van der Waals surface area contributed by atoms with Crippen LogP contribution >= 0.6 is 0 Å². The molecule has 37 heavy (non-hydrogen) atoms. The number of nitrogens with one attached hydrogen (secondary N) is 2. The molecule has 0 atom stereocenters. The Morgan fingerprint density at radius 1 is 1.32 bits per heavy atom. The van der Waals surface area contributed by atoms with Gasteiger partial charge in [-0.3, -0.25) is 9.67 Å². The fourth-order valence-electron chi connectivity index (χ4n) is 4.30. The number of nitrogens with zero attached hydrogens (tertiary/aromatic N) is 4. The first-order chi connectivity index (χ1) is 17.7. The summed E-state index contributed by atoms with van der Waals surface area (Å²) in [5.41, 5.74) is 13.2. The van der Waals surface area contributed by atoms with E-state index in [9.17, 15) is 0 Å². The number of hydrogen-bond acceptors (Lipinski definition) is 7. The predicted octanol–water partition coefficient (Wildman–Crippen LogP) is 5.07. The van der Waals surface area contributed by atoms with Crippen molar-refractivity contribution >= 4 is 39.9 Å². The number of aliphatic imine (C=N–C) groups is 1. The van der Waals surface area contributed by atoms with E-state index in [-0.39, 0.29) is 0 Å². The largest absolute Gasteiger partial charge is 0.494 e. The number of anilines is 3. The fraction of sp³-hybridized carbons (Fsp3) is 0.448. The number of piperazine rings is 1. The van der Waals surface area contributed by atoms with Gasteiger partial charge in [0.05, 0.1) is 12.8 Å². The highest BCUT2D eigenvalue weighted by Gasteiger charge is 2.19. The molecule has 8 heteroatoms. The van der Waals surface area contributed by atoms with Gasteiger partial charge in [0.15, 0.2) is 0 Å². The van der Waals surface area contributed by atoms with E-state index in [1.54, 1.807) is 20.4 Å². The third-order valence-corrected chi connectivity index (χ3v) is 6.72. The van der Waals surface area contributed by atoms with Gasteiger partial charge in [-0.1, -0.05) is 33.8 Å². The summed E-state index contributed by atoms with van der Waals surface area (Å²) in [5.74, 6) is 1.57. The van der Waals surface area contributed by atoms with E-state index in [0.29, 0.717) is 11.4 Å². The van der Waals surface area contributed by atoms with Gasteiger partial charge in [-0.2, -0.15) is 5.10 Å². The smallest absolute Gasteiger partial charge is 0.147 e. The average molecular weight is 506 g/mol. The molecule has 0 spiro atoms. The van der Waals surface area contributed by atoms with E-state index in [1.165, 1.54) is 12.1 Å². The van der Waals surface area contributed by atoms with Gasteiger partial charge in [0.1, 0.15) is 11.3 Å². The van der Waals surface area contributed by atoms with Crippen LogP contribution in [0.3, 0.4) is 0 Å². The lowest BCUT2D eigenvalue weighted by molar-refractivity contribution is 0.414. The molecule has 200 valence electrons. The Balaban J connectivity index is 0.000000695. The van der Waals surface area contributed by atoms with Crippen molar-refractivity contribution in [2.45, 2.75) is 34.1 Å². The van der Waals surface area contributed by atoms with Gasteiger partial charge in [-0.25, -0.2) is 0 Å². The van der Waals surface area contributed by atoms with Crippen molar-refractivity contribution in [1.29, 1.82) is 0 Å². The van der Waals surface area contributed by atoms with Crippen LogP contribution in [0.4, 0.5) is 17.1 Å². The van der Waals surface area contributed by atoms with Crippen LogP contribution in [0.2, 0.25) is 0 Å². The number of ether oxygens (including phenoxy) is 1. The van der Waals surface area contributed by atoms with Gasteiger partial charge in [-0.05, 0) is 31.0 Å². The summed E-state index contributed by atoms with van der Waals surface area (Å²) in [5, 5.41) is 12.7. The third-order valence-electron chi connectivity index (χ3n) is 6.72. The minimum absolute atomic E-state index is 0.649. The van der Waals surface area contributed by atoms with Gasteiger partial charge >= 0.3 is 0 Å². The van der Waals surface area contributed by atoms with E-state index >= 15 is 0 Å². The molecule has 0 unspecified atom stereocenters. The maximum atomic E-state index is 6.28. The second-order valence-corrected chi connectivity index (χ2v) is 9.81. The first kappa shape index (κ1) is 28.1. The molecule has 0 amide bonds. The number of nitrogen functional groups attached to an aromatic ring is 1. The van der Waals surface area contributed by atoms with Crippen molar-refractivity contribution in [2.24, 2.45) is 18.0 Å². The molecule has 2 heterocycles. The lowest BCUT2D eigenvalue weighted by atomic mass is 10.0. The minimum atomic E-state index is 0.649. The van der Waals surface area contributed by atoms with Crippen molar-refractivity contribution in [3.8, 4) is 5.75 Å². The number of aromatic nitrogens is 2. The Morgan fingerprint density at radius 2 is 2.00 bits per heavy atom. The molecule has 2 aromatic carbocycles. The van der Waals surface area contributed by atoms with Crippen LogP contribution < -0.4 is 26.0 Å². The van der Waals surface area contributed by atoms with E-state index < -0.39 is 0 Å². The molecule has 8 nitrogen and oxygen atoms in total. The number of aryl methyl sites for hydroxylation is 1. The number of methoxy groups -OCH3 is 1. The molecule has 1 aromatic heterocycles. The average Bonchev–Trinajstić information content (AvgIpc) is 3.28. The highest BCUT2D eigenvalue weighted by Crippen LogP contribution is 2.38. The number of hydrogen-bond donors (Lipinski definition) is 3. The number of nitrogens with two attached hydrogens (primary N) is 1. The molecular formula is C29H43N7O. The summed E-state index contributed by atoms with van der Waals surface area (Å²) in [6.45, 7) is 16.8. The third kappa shape index (κ3) is 6.43. The lowest BCUT2D eigenvalue weighted by Crippen LogP contribution is -2.43. The molecule has 1 aliphatic heterocycles. The maximum absolute atomic E-state index is 6.28. The molecular weight excluding hydrogens is 462 g/mol. The van der Waals surface area contributed by atoms with Crippen molar-refractivity contribution in [1.82, 2.24) is 15.1 Å². The number of rotatable bonds is 7. The number of benzene rings is 2. The predicted molar refractivity (Wildman–Crippen MR) is 159 cm³/mol. The van der Waals surface area contributed by atoms with Crippen LogP contribution in [-0.4, -0.2) is 56.3 Å². The summed E-state index contributed by atoms with van der Waals surface area (Å²) in [6.07, 6.45) is 5.13. The zero-order valence-electron chi connectivity index (χ0n) is 23.5. The molecule has 1 aliphatic rings. The van der Waals surface area contributed by atoms with Crippen LogP contribution in [-0.2, 0) is 7.05 Å². The summed E-state index contributed by atoms with van der Waals surface area (Å²) in [7, 11) is 5.32. The summed E-state index contributed by atoms with van der Waals surface area (Å²) in [4.78, 5) is 6.53. The highest BCUT2D eigenvalue weighted by atomic mass is 16.5. The van der Waals surface area contributed by atoms with Crippen LogP contribution in [0.15, 0.2) is 36.0 Å². The standard InChI is InChI=1S/C24H31N7O.C5H12/c1-15-22(25)17(13-26-3)12-20(24(15)32-5)28-16(2)18-6-7-21(31-10-8-27-9-11-31)19-14-30(4)29-23(18)19;1-4-5(2)3/h6-7,12-14,27-28H,2,8-11,25H2,1,3-5H3;5H,4H2,1-3H3. The van der Waals surface area contributed by atoms with Gasteiger partial charge in [0.2, 0.25) is 0 Å². The van der Waals surface area contributed by atoms with Crippen molar-refractivity contribution in [3.63, 3.8) is 0 Å². The minimum Gasteiger partial charge on any atom is -0.494 e. The van der Waals surface area contributed by atoms with Crippen LogP contribution in [0.1, 0.15) is 43.9 Å². The molecule has 0 radical (unpaired) electrons. The Bertz CT molecular complexity index is 1250. The summed E-state index contributed by atoms with van der Waals surface area (Å²) >= 11 is 0. The topological polar surface area (TPSA) is 92.7 Å². The Morgan fingerprint density at radius 3 is 2.59 bits per heavy atom. The molecule has 1 fully saturated rings. The Kier molecular flexibility index (Phi) is 9.58. The Labute approximate surface area is 221 Å². The zero-order valence-corrected chi connectivity index (χ0v) is 23.5. The zero-order chi connectivity index (χ0) is 27.1. The second-order valence-electron chi connectivity index (χ2n) is 9.81. The highest BCUT2D eigenvalue weighted by molar-refractivity contribution is 6.01. The van der Waals surface area contributed by atoms with Gasteiger partial charge in [-0.15, -0.1) is 0 Å². The van der Waals surface area contributed by atoms with Gasteiger partial charge in [0, 0.05) is 91.8 Å². The fourth-order valence-corrected chi connectivity index (χ4v) is 4.30. The maximum Gasteiger partial charge on any atom is 0.147 e. The van der Waals surface area contributed by atoms with Crippen molar-refractivity contribution in [3.05, 3.63) is 47.7 Å². The van der Waals surface area contributed by atoms with E-state index in [4.69, 9.17) is 15.6 Å². The summed E-state index contributed by atoms with van der Waals surface area (Å²) in [6, 6.07) is 6.19. The van der Waals surface area contributed by atoms with Crippen molar-refractivity contribution in [2.75, 3.05) is 56.3 Å². The normalized spacial score (nSPS) is 13.7. The SMILES string of the molecule is C=C(Nc1cc(C=NC)c(N)c(C)c1OC)c1ccc(N2CCNCC2)c2cn(C)nc12.CCC(C)C. The van der Waals surface area contributed by atoms with Gasteiger partial charge in [0.25, 0.3) is 0 Å². The van der Waals surface area contributed by atoms with Gasteiger partial charge < -0.3 is 26.0 Å². The molecule has 0 saturated carbocycles. The first-order valence-corrected chi connectivity index (χ1v) is 13.0. The van der Waals surface area contributed by atoms with E-state index in [0.717, 1.165) is 71.1 Å². The number of fused-ring (bicyclic) bond motifs is 1. The van der Waals surface area contributed by atoms with E-state index in [1.807, 2.05) is 24.7 Å². The van der Waals surface area contributed by atoms with Crippen LogP contribution in [0, 0.1) is 12.8 Å². The Hall–Kier alpha value is -3.52. The molecule has 0 bridgehead atoms. The summed E-state index contributed by atoms with van der Waals surface area (Å²) < 4.78 is 7.51. The molecule has 1 saturated heterocycles. The van der Waals surface area contributed by atoms with Crippen LogP contribution in [0.25, 0.3) is 16.6 Å². The molecule has 3 aromatic rings. The van der Waals surface area contributed by atoms with Crippen molar-refractivity contribution < 1.29 is 4.74 Å². The lowest BCUT2D eigenvalue weighted by Gasteiger charge is -2.30. The first-order valence-electron chi connectivity index (χ1n) is 13.0. The second kappa shape index (κ2) is 12.6. The monoisotopic (exact) mass is 505 g/mol. The van der Waals surface area contributed by atoms with Crippen LogP contribution in [0.5, 0.6) is 5.75 Å².